The highest BCUT2D eigenvalue weighted by atomic mass is 16.5. The Morgan fingerprint density at radius 1 is 1.06 bits per heavy atom. The number of amides is 1. The molecule has 2 aromatic carbocycles. The highest BCUT2D eigenvalue weighted by molar-refractivity contribution is 5.86. The molecule has 2 heterocycles. The minimum Gasteiger partial charge on any atom is -0.508 e. The van der Waals surface area contributed by atoms with Crippen LogP contribution in [-0.4, -0.2) is 54.9 Å². The van der Waals surface area contributed by atoms with E-state index in [-0.39, 0.29) is 29.7 Å². The first kappa shape index (κ1) is 25.0. The van der Waals surface area contributed by atoms with Crippen molar-refractivity contribution in [3.63, 3.8) is 0 Å². The average Bonchev–Trinajstić information content (AvgIpc) is 3.40. The van der Waals surface area contributed by atoms with Gasteiger partial charge in [0.2, 0.25) is 5.91 Å². The molecule has 0 aliphatic carbocycles. The lowest BCUT2D eigenvalue weighted by Crippen LogP contribution is -2.41. The summed E-state index contributed by atoms with van der Waals surface area (Å²) >= 11 is 0. The van der Waals surface area contributed by atoms with Crippen molar-refractivity contribution in [1.82, 2.24) is 15.8 Å². The molecular weight excluding hydrogens is 446 g/mol. The normalized spacial score (nSPS) is 23.4. The van der Waals surface area contributed by atoms with Gasteiger partial charge in [-0.05, 0) is 44.0 Å². The number of hydrazine groups is 1. The Labute approximate surface area is 206 Å². The number of nitrogens with zero attached hydrogens (tertiary/aromatic N) is 1. The zero-order chi connectivity index (χ0) is 24.8. The number of para-hydroxylation sites is 1. The van der Waals surface area contributed by atoms with Crippen molar-refractivity contribution in [1.29, 1.82) is 0 Å². The van der Waals surface area contributed by atoms with Gasteiger partial charge in [-0.3, -0.25) is 4.79 Å². The van der Waals surface area contributed by atoms with E-state index in [1.165, 1.54) is 0 Å². The first-order valence-electron chi connectivity index (χ1n) is 12.3. The lowest BCUT2D eigenvalue weighted by atomic mass is 9.83. The number of ether oxygens (including phenoxy) is 3. The van der Waals surface area contributed by atoms with Gasteiger partial charge in [0.1, 0.15) is 18.4 Å². The summed E-state index contributed by atoms with van der Waals surface area (Å²) in [7, 11) is 0. The van der Waals surface area contributed by atoms with E-state index >= 15 is 0 Å². The zero-order valence-corrected chi connectivity index (χ0v) is 20.4. The molecule has 8 heteroatoms. The summed E-state index contributed by atoms with van der Waals surface area (Å²) in [5.74, 6) is 1.37. The minimum absolute atomic E-state index is 0.0341. The molecule has 2 fully saturated rings. The van der Waals surface area contributed by atoms with Gasteiger partial charge in [-0.15, -0.1) is 0 Å². The molecule has 1 amide bonds. The summed E-state index contributed by atoms with van der Waals surface area (Å²) in [4.78, 5) is 15.5. The fraction of sp³-hybridized carbons (Fsp3) is 0.444. The SMILES string of the molecule is C=CCOc1ccc(C2C3C(NNC3c3ccccc3O)C(=O)N2CCCOCC)cc1OCC. The van der Waals surface area contributed by atoms with E-state index in [9.17, 15) is 9.90 Å². The molecule has 0 saturated carbocycles. The number of fused-ring (bicyclic) bond motifs is 1. The van der Waals surface area contributed by atoms with Gasteiger partial charge in [-0.1, -0.05) is 36.9 Å². The van der Waals surface area contributed by atoms with Gasteiger partial charge in [-0.2, -0.15) is 0 Å². The third-order valence-corrected chi connectivity index (χ3v) is 6.54. The molecule has 0 radical (unpaired) electrons. The quantitative estimate of drug-likeness (QED) is 0.316. The Kier molecular flexibility index (Phi) is 8.28. The summed E-state index contributed by atoms with van der Waals surface area (Å²) in [6, 6.07) is 12.2. The summed E-state index contributed by atoms with van der Waals surface area (Å²) in [5, 5.41) is 10.6. The lowest BCUT2D eigenvalue weighted by Gasteiger charge is -2.32. The van der Waals surface area contributed by atoms with E-state index in [2.05, 4.69) is 17.4 Å². The minimum atomic E-state index is -0.413. The Balaban J connectivity index is 1.72. The number of benzene rings is 2. The molecule has 4 unspecified atom stereocenters. The molecule has 2 aliphatic heterocycles. The predicted octanol–water partition coefficient (Wildman–Crippen LogP) is 3.50. The maximum Gasteiger partial charge on any atom is 0.242 e. The van der Waals surface area contributed by atoms with Crippen LogP contribution < -0.4 is 20.3 Å². The maximum atomic E-state index is 13.6. The van der Waals surface area contributed by atoms with Crippen LogP contribution in [-0.2, 0) is 9.53 Å². The van der Waals surface area contributed by atoms with E-state index in [0.717, 1.165) is 17.5 Å². The zero-order valence-electron chi connectivity index (χ0n) is 20.4. The number of carbonyl (C=O) groups excluding carboxylic acids is 1. The van der Waals surface area contributed by atoms with Gasteiger partial charge in [0.25, 0.3) is 0 Å². The van der Waals surface area contributed by atoms with Crippen molar-refractivity contribution in [2.45, 2.75) is 38.4 Å². The van der Waals surface area contributed by atoms with E-state index < -0.39 is 6.04 Å². The molecule has 0 bridgehead atoms. The highest BCUT2D eigenvalue weighted by Gasteiger charge is 2.55. The van der Waals surface area contributed by atoms with Crippen LogP contribution in [0.4, 0.5) is 0 Å². The van der Waals surface area contributed by atoms with Gasteiger partial charge >= 0.3 is 0 Å². The maximum absolute atomic E-state index is 13.6. The second-order valence-corrected chi connectivity index (χ2v) is 8.65. The van der Waals surface area contributed by atoms with Crippen LogP contribution in [0, 0.1) is 5.92 Å². The number of hydrogen-bond acceptors (Lipinski definition) is 7. The largest absolute Gasteiger partial charge is 0.508 e. The van der Waals surface area contributed by atoms with Crippen LogP contribution in [0.2, 0.25) is 0 Å². The van der Waals surface area contributed by atoms with Crippen LogP contribution in [0.1, 0.15) is 43.5 Å². The van der Waals surface area contributed by atoms with Crippen molar-refractivity contribution in [3.8, 4) is 17.2 Å². The van der Waals surface area contributed by atoms with Crippen molar-refractivity contribution in [2.75, 3.05) is 33.0 Å². The molecule has 4 atom stereocenters. The number of phenolic OH excluding ortho intramolecular Hbond substituents is 1. The van der Waals surface area contributed by atoms with E-state index in [1.807, 2.05) is 49.1 Å². The molecule has 0 aromatic heterocycles. The van der Waals surface area contributed by atoms with Gasteiger partial charge in [0.05, 0.1) is 18.7 Å². The van der Waals surface area contributed by atoms with Gasteiger partial charge in [0.15, 0.2) is 11.5 Å². The summed E-state index contributed by atoms with van der Waals surface area (Å²) < 4.78 is 17.2. The Morgan fingerprint density at radius 2 is 1.86 bits per heavy atom. The molecular formula is C27H35N3O5. The molecule has 35 heavy (non-hydrogen) atoms. The summed E-state index contributed by atoms with van der Waals surface area (Å²) in [6.45, 7) is 10.3. The fourth-order valence-corrected chi connectivity index (χ4v) is 5.09. The molecule has 2 saturated heterocycles. The van der Waals surface area contributed by atoms with E-state index in [0.29, 0.717) is 44.5 Å². The predicted molar refractivity (Wildman–Crippen MR) is 133 cm³/mol. The molecule has 8 nitrogen and oxygen atoms in total. The number of nitrogens with one attached hydrogen (secondary N) is 2. The second kappa shape index (κ2) is 11.6. The monoisotopic (exact) mass is 481 g/mol. The number of phenols is 1. The van der Waals surface area contributed by atoms with Crippen molar-refractivity contribution < 1.29 is 24.1 Å². The molecule has 188 valence electrons. The molecule has 3 N–H and O–H groups in total. The van der Waals surface area contributed by atoms with Crippen molar-refractivity contribution in [2.24, 2.45) is 5.92 Å². The molecule has 2 aromatic rings. The third kappa shape index (κ3) is 5.15. The number of hydrogen-bond donors (Lipinski definition) is 3. The van der Waals surface area contributed by atoms with Crippen LogP contribution in [0.5, 0.6) is 17.2 Å². The summed E-state index contributed by atoms with van der Waals surface area (Å²) in [5.41, 5.74) is 8.20. The second-order valence-electron chi connectivity index (χ2n) is 8.65. The van der Waals surface area contributed by atoms with Crippen LogP contribution in [0.15, 0.2) is 55.1 Å². The topological polar surface area (TPSA) is 92.3 Å². The molecule has 2 aliphatic rings. The Hall–Kier alpha value is -3.07. The average molecular weight is 482 g/mol. The van der Waals surface area contributed by atoms with Gasteiger partial charge in [-0.25, -0.2) is 10.9 Å². The van der Waals surface area contributed by atoms with Crippen molar-refractivity contribution >= 4 is 5.91 Å². The standard InChI is InChI=1S/C27H35N3O5/c1-4-15-35-21-13-12-18(17-22(21)34-6-3)26-23-24(19-10-7-8-11-20(19)31)28-29-25(23)27(32)30(26)14-9-16-33-5-2/h4,7-8,10-13,17,23-26,28-29,31H,1,5-6,9,14-16H2,2-3H3. The van der Waals surface area contributed by atoms with Crippen LogP contribution >= 0.6 is 0 Å². The Bertz CT molecular complexity index is 1030. The Morgan fingerprint density at radius 3 is 2.60 bits per heavy atom. The third-order valence-electron chi connectivity index (χ3n) is 6.54. The number of likely N-dealkylation sites (tertiary alicyclic amines) is 1. The van der Waals surface area contributed by atoms with Gasteiger partial charge < -0.3 is 24.2 Å². The van der Waals surface area contributed by atoms with Crippen LogP contribution in [0.25, 0.3) is 0 Å². The van der Waals surface area contributed by atoms with E-state index in [4.69, 9.17) is 14.2 Å². The van der Waals surface area contributed by atoms with Crippen molar-refractivity contribution in [3.05, 3.63) is 66.2 Å². The number of rotatable bonds is 12. The molecule has 4 rings (SSSR count). The summed E-state index contributed by atoms with van der Waals surface area (Å²) in [6.07, 6.45) is 2.43. The smallest absolute Gasteiger partial charge is 0.242 e. The fourth-order valence-electron chi connectivity index (χ4n) is 5.09. The first-order chi connectivity index (χ1) is 17.1. The molecule has 0 spiro atoms. The lowest BCUT2D eigenvalue weighted by molar-refractivity contribution is -0.131. The van der Waals surface area contributed by atoms with E-state index in [1.54, 1.807) is 18.2 Å². The van der Waals surface area contributed by atoms with Gasteiger partial charge in [0, 0.05) is 31.2 Å². The highest BCUT2D eigenvalue weighted by Crippen LogP contribution is 2.49. The number of aromatic hydroxyl groups is 1. The first-order valence-corrected chi connectivity index (χ1v) is 12.3. The van der Waals surface area contributed by atoms with Crippen LogP contribution in [0.3, 0.4) is 0 Å². The number of carbonyl (C=O) groups is 1.